The molecular weight excluding hydrogens is 446 g/mol. The van der Waals surface area contributed by atoms with Gasteiger partial charge in [0.15, 0.2) is 0 Å². The number of hydrogen-bond donors (Lipinski definition) is 2. The summed E-state index contributed by atoms with van der Waals surface area (Å²) in [5.41, 5.74) is 4.82. The van der Waals surface area contributed by atoms with E-state index in [0.29, 0.717) is 22.5 Å². The average Bonchev–Trinajstić information content (AvgIpc) is 3.26. The summed E-state index contributed by atoms with van der Waals surface area (Å²) in [6.45, 7) is 0. The van der Waals surface area contributed by atoms with Crippen molar-refractivity contribution in [2.24, 2.45) is 0 Å². The van der Waals surface area contributed by atoms with Gasteiger partial charge in [0.05, 0.1) is 18.3 Å². The van der Waals surface area contributed by atoms with Crippen LogP contribution in [0.1, 0.15) is 5.56 Å². The number of rotatable bonds is 6. The third-order valence-corrected chi connectivity index (χ3v) is 5.87. The van der Waals surface area contributed by atoms with Gasteiger partial charge in [0.25, 0.3) is 0 Å². The van der Waals surface area contributed by atoms with E-state index in [1.165, 1.54) is 12.1 Å². The molecule has 3 aromatic carbocycles. The summed E-state index contributed by atoms with van der Waals surface area (Å²) in [6.07, 6.45) is 5.39. The van der Waals surface area contributed by atoms with Crippen LogP contribution in [0.2, 0.25) is 0 Å². The van der Waals surface area contributed by atoms with E-state index < -0.39 is 11.6 Å². The fourth-order valence-corrected chi connectivity index (χ4v) is 4.19. The number of amides is 1. The number of H-pyrrole nitrogens is 1. The van der Waals surface area contributed by atoms with Crippen molar-refractivity contribution in [2.45, 2.75) is 6.42 Å². The van der Waals surface area contributed by atoms with E-state index >= 15 is 0 Å². The Hall–Kier alpha value is -4.52. The molecule has 7 heteroatoms. The van der Waals surface area contributed by atoms with Crippen molar-refractivity contribution in [1.29, 1.82) is 0 Å². The lowest BCUT2D eigenvalue weighted by Gasteiger charge is -2.23. The third-order valence-electron chi connectivity index (χ3n) is 5.87. The van der Waals surface area contributed by atoms with E-state index in [1.54, 1.807) is 24.5 Å². The summed E-state index contributed by atoms with van der Waals surface area (Å²) in [7, 11) is 1.85. The molecule has 0 unspecified atom stereocenters. The van der Waals surface area contributed by atoms with Crippen molar-refractivity contribution in [3.8, 4) is 11.1 Å². The standard InChI is InChI=1S/C28H22F2N4O/c1-34(23-5-4-10-31-17-23)27-9-8-22(15-25(27)18-11-20(29)14-21(30)12-18)33-28(35)13-19-16-32-26-7-3-2-6-24(19)26/h2-12,14-17,32H,13H2,1H3,(H,33,35). The number of halogens is 2. The van der Waals surface area contributed by atoms with Gasteiger partial charge in [-0.25, -0.2) is 8.78 Å². The lowest BCUT2D eigenvalue weighted by molar-refractivity contribution is -0.115. The van der Waals surface area contributed by atoms with Crippen molar-refractivity contribution < 1.29 is 13.6 Å². The number of carbonyl (C=O) groups is 1. The Kier molecular flexibility index (Phi) is 5.97. The minimum absolute atomic E-state index is 0.186. The summed E-state index contributed by atoms with van der Waals surface area (Å²) in [5, 5.41) is 3.91. The highest BCUT2D eigenvalue weighted by molar-refractivity contribution is 5.97. The molecule has 1 amide bonds. The normalized spacial score (nSPS) is 10.9. The predicted octanol–water partition coefficient (Wildman–Crippen LogP) is 6.46. The first-order chi connectivity index (χ1) is 17.0. The molecule has 2 aromatic heterocycles. The summed E-state index contributed by atoms with van der Waals surface area (Å²) >= 11 is 0. The summed E-state index contributed by atoms with van der Waals surface area (Å²) in [5.74, 6) is -1.55. The van der Waals surface area contributed by atoms with E-state index in [4.69, 9.17) is 0 Å². The summed E-state index contributed by atoms with van der Waals surface area (Å²) in [6, 6.07) is 20.2. The van der Waals surface area contributed by atoms with E-state index in [1.807, 2.05) is 60.6 Å². The lowest BCUT2D eigenvalue weighted by Crippen LogP contribution is -2.15. The van der Waals surface area contributed by atoms with E-state index in [0.717, 1.165) is 28.2 Å². The molecule has 0 aliphatic carbocycles. The Labute approximate surface area is 201 Å². The SMILES string of the molecule is CN(c1cccnc1)c1ccc(NC(=O)Cc2c[nH]c3ccccc23)cc1-c1cc(F)cc(F)c1. The Bertz CT molecular complexity index is 1490. The fourth-order valence-electron chi connectivity index (χ4n) is 4.19. The molecule has 2 N–H and O–H groups in total. The summed E-state index contributed by atoms with van der Waals surface area (Å²) < 4.78 is 28.2. The molecule has 0 bridgehead atoms. The molecule has 0 atom stereocenters. The van der Waals surface area contributed by atoms with Crippen LogP contribution in [0.25, 0.3) is 22.0 Å². The zero-order valence-corrected chi connectivity index (χ0v) is 18.9. The van der Waals surface area contributed by atoms with Crippen LogP contribution < -0.4 is 10.2 Å². The number of fused-ring (bicyclic) bond motifs is 1. The van der Waals surface area contributed by atoms with Gasteiger partial charge in [0.2, 0.25) is 5.91 Å². The number of hydrogen-bond acceptors (Lipinski definition) is 3. The smallest absolute Gasteiger partial charge is 0.228 e. The lowest BCUT2D eigenvalue weighted by atomic mass is 10.0. The molecule has 174 valence electrons. The number of anilines is 3. The first-order valence-corrected chi connectivity index (χ1v) is 11.1. The minimum atomic E-state index is -0.677. The second kappa shape index (κ2) is 9.38. The highest BCUT2D eigenvalue weighted by atomic mass is 19.1. The van der Waals surface area contributed by atoms with Crippen molar-refractivity contribution in [1.82, 2.24) is 9.97 Å². The van der Waals surface area contributed by atoms with Crippen LogP contribution in [-0.4, -0.2) is 22.9 Å². The van der Waals surface area contributed by atoms with Gasteiger partial charge in [-0.15, -0.1) is 0 Å². The first kappa shape index (κ1) is 22.3. The van der Waals surface area contributed by atoms with Crippen LogP contribution in [0.3, 0.4) is 0 Å². The fraction of sp³-hybridized carbons (Fsp3) is 0.0714. The second-order valence-electron chi connectivity index (χ2n) is 8.24. The molecule has 0 radical (unpaired) electrons. The number of para-hydroxylation sites is 1. The minimum Gasteiger partial charge on any atom is -0.361 e. The Morgan fingerprint density at radius 3 is 2.57 bits per heavy atom. The topological polar surface area (TPSA) is 61.0 Å². The molecule has 0 aliphatic heterocycles. The second-order valence-corrected chi connectivity index (χ2v) is 8.24. The van der Waals surface area contributed by atoms with Crippen LogP contribution in [-0.2, 0) is 11.2 Å². The van der Waals surface area contributed by atoms with Crippen molar-refractivity contribution >= 4 is 33.9 Å². The number of nitrogens with zero attached hydrogens (tertiary/aromatic N) is 2. The Morgan fingerprint density at radius 1 is 1.00 bits per heavy atom. The van der Waals surface area contributed by atoms with Gasteiger partial charge in [0, 0.05) is 53.3 Å². The van der Waals surface area contributed by atoms with Crippen LogP contribution in [0.4, 0.5) is 25.8 Å². The van der Waals surface area contributed by atoms with Crippen LogP contribution in [0.15, 0.2) is 91.4 Å². The van der Waals surface area contributed by atoms with E-state index in [9.17, 15) is 13.6 Å². The molecule has 5 aromatic rings. The molecule has 0 aliphatic rings. The van der Waals surface area contributed by atoms with Gasteiger partial charge in [0.1, 0.15) is 11.6 Å². The molecule has 0 saturated carbocycles. The predicted molar refractivity (Wildman–Crippen MR) is 135 cm³/mol. The molecule has 5 rings (SSSR count). The summed E-state index contributed by atoms with van der Waals surface area (Å²) in [4.78, 5) is 22.1. The van der Waals surface area contributed by atoms with Crippen molar-refractivity contribution in [3.05, 3.63) is 109 Å². The van der Waals surface area contributed by atoms with Crippen LogP contribution in [0, 0.1) is 11.6 Å². The molecule has 35 heavy (non-hydrogen) atoms. The number of aromatic nitrogens is 2. The zero-order valence-electron chi connectivity index (χ0n) is 18.9. The quantitative estimate of drug-likeness (QED) is 0.301. The van der Waals surface area contributed by atoms with Crippen molar-refractivity contribution in [2.75, 3.05) is 17.3 Å². The maximum absolute atomic E-state index is 14.1. The number of aromatic amines is 1. The number of carbonyl (C=O) groups excluding carboxylic acids is 1. The number of pyridine rings is 1. The van der Waals surface area contributed by atoms with Gasteiger partial charge in [-0.1, -0.05) is 18.2 Å². The Morgan fingerprint density at radius 2 is 1.80 bits per heavy atom. The maximum Gasteiger partial charge on any atom is 0.228 e. The molecule has 0 saturated heterocycles. The molecule has 2 heterocycles. The highest BCUT2D eigenvalue weighted by Gasteiger charge is 2.16. The van der Waals surface area contributed by atoms with Crippen LogP contribution in [0.5, 0.6) is 0 Å². The van der Waals surface area contributed by atoms with E-state index in [-0.39, 0.29) is 12.3 Å². The van der Waals surface area contributed by atoms with Gasteiger partial charge in [-0.05, 0) is 59.7 Å². The first-order valence-electron chi connectivity index (χ1n) is 11.1. The number of benzene rings is 3. The average molecular weight is 469 g/mol. The van der Waals surface area contributed by atoms with Crippen molar-refractivity contribution in [3.63, 3.8) is 0 Å². The largest absolute Gasteiger partial charge is 0.361 e. The third kappa shape index (κ3) is 4.75. The molecule has 0 spiro atoms. The highest BCUT2D eigenvalue weighted by Crippen LogP contribution is 2.37. The molecule has 0 fully saturated rings. The number of nitrogens with one attached hydrogen (secondary N) is 2. The molecular formula is C28H22F2N4O. The van der Waals surface area contributed by atoms with Gasteiger partial charge in [-0.2, -0.15) is 0 Å². The van der Waals surface area contributed by atoms with Gasteiger partial charge < -0.3 is 15.2 Å². The monoisotopic (exact) mass is 468 g/mol. The zero-order chi connectivity index (χ0) is 24.4. The molecule has 5 nitrogen and oxygen atoms in total. The van der Waals surface area contributed by atoms with Crippen LogP contribution >= 0.6 is 0 Å². The van der Waals surface area contributed by atoms with E-state index in [2.05, 4.69) is 15.3 Å². The van der Waals surface area contributed by atoms with Gasteiger partial charge >= 0.3 is 0 Å². The maximum atomic E-state index is 14.1. The Balaban J connectivity index is 1.48. The van der Waals surface area contributed by atoms with Gasteiger partial charge in [-0.3, -0.25) is 9.78 Å².